The summed E-state index contributed by atoms with van der Waals surface area (Å²) in [6.07, 6.45) is 5.03. The van der Waals surface area contributed by atoms with E-state index in [0.717, 1.165) is 19.5 Å². The van der Waals surface area contributed by atoms with E-state index < -0.39 is 0 Å². The third kappa shape index (κ3) is 2.53. The van der Waals surface area contributed by atoms with Gasteiger partial charge in [0.05, 0.1) is 13.1 Å². The monoisotopic (exact) mass is 164 g/mol. The zero-order chi connectivity index (χ0) is 8.97. The minimum Gasteiger partial charge on any atom is -0.375 e. The lowest BCUT2D eigenvalue weighted by Crippen LogP contribution is -2.26. The topological polar surface area (TPSA) is 15.6 Å². The second-order valence-corrected chi connectivity index (χ2v) is 3.26. The molecule has 0 N–H and O–H groups in total. The number of rotatable bonds is 2. The molecule has 0 aliphatic carbocycles. The molecule has 1 aliphatic rings. The molecule has 0 fully saturated rings. The Morgan fingerprint density at radius 2 is 2.50 bits per heavy atom. The SMILES string of the molecule is C=CCN=C1CC(C)=CN(C)C1. The quantitative estimate of drug-likeness (QED) is 0.569. The van der Waals surface area contributed by atoms with Crippen LogP contribution in [0.3, 0.4) is 0 Å². The normalized spacial score (nSPS) is 21.0. The molecule has 0 aromatic carbocycles. The van der Waals surface area contributed by atoms with Crippen LogP contribution in [-0.4, -0.2) is 30.7 Å². The zero-order valence-corrected chi connectivity index (χ0v) is 7.88. The van der Waals surface area contributed by atoms with E-state index in [-0.39, 0.29) is 0 Å². The molecular weight excluding hydrogens is 148 g/mol. The highest BCUT2D eigenvalue weighted by molar-refractivity contribution is 5.89. The first kappa shape index (κ1) is 9.04. The standard InChI is InChI=1S/C10H16N2/c1-4-5-11-10-6-9(2)7-12(3)8-10/h4,7H,1,5-6,8H2,2-3H3. The van der Waals surface area contributed by atoms with Crippen molar-refractivity contribution >= 4 is 5.71 Å². The smallest absolute Gasteiger partial charge is 0.0568 e. The van der Waals surface area contributed by atoms with Crippen molar-refractivity contribution in [2.75, 3.05) is 20.1 Å². The summed E-state index contributed by atoms with van der Waals surface area (Å²) in [6, 6.07) is 0. The van der Waals surface area contributed by atoms with Crippen LogP contribution in [0.15, 0.2) is 29.4 Å². The molecule has 0 saturated heterocycles. The van der Waals surface area contributed by atoms with Crippen molar-refractivity contribution < 1.29 is 0 Å². The van der Waals surface area contributed by atoms with Gasteiger partial charge in [0.1, 0.15) is 0 Å². The molecule has 2 nitrogen and oxygen atoms in total. The summed E-state index contributed by atoms with van der Waals surface area (Å²) < 4.78 is 0. The molecule has 0 spiro atoms. The Morgan fingerprint density at radius 1 is 1.75 bits per heavy atom. The fourth-order valence-corrected chi connectivity index (χ4v) is 1.43. The average molecular weight is 164 g/mol. The minimum absolute atomic E-state index is 0.746. The summed E-state index contributed by atoms with van der Waals surface area (Å²) in [7, 11) is 2.08. The van der Waals surface area contributed by atoms with E-state index in [2.05, 4.69) is 36.6 Å². The predicted octanol–water partition coefficient (Wildman–Crippen LogP) is 1.85. The Kier molecular flexibility index (Phi) is 3.09. The molecule has 0 radical (unpaired) electrons. The Balaban J connectivity index is 2.60. The number of hydrogen-bond donors (Lipinski definition) is 0. The molecular formula is C10H16N2. The van der Waals surface area contributed by atoms with Gasteiger partial charge >= 0.3 is 0 Å². The first-order valence-electron chi connectivity index (χ1n) is 4.23. The molecule has 1 aliphatic heterocycles. The molecule has 0 bridgehead atoms. The second-order valence-electron chi connectivity index (χ2n) is 3.26. The zero-order valence-electron chi connectivity index (χ0n) is 7.88. The van der Waals surface area contributed by atoms with E-state index in [1.54, 1.807) is 0 Å². The van der Waals surface area contributed by atoms with Gasteiger partial charge < -0.3 is 4.90 Å². The third-order valence-electron chi connectivity index (χ3n) is 1.80. The number of aliphatic imine (C=N–C) groups is 1. The number of hydrogen-bond acceptors (Lipinski definition) is 2. The lowest BCUT2D eigenvalue weighted by atomic mass is 10.1. The van der Waals surface area contributed by atoms with Crippen LogP contribution >= 0.6 is 0 Å². The Hall–Kier alpha value is -1.05. The molecule has 66 valence electrons. The Labute approximate surface area is 74.3 Å². The van der Waals surface area contributed by atoms with Gasteiger partial charge in [0, 0.05) is 19.2 Å². The van der Waals surface area contributed by atoms with E-state index in [9.17, 15) is 0 Å². The predicted molar refractivity (Wildman–Crippen MR) is 53.5 cm³/mol. The van der Waals surface area contributed by atoms with E-state index >= 15 is 0 Å². The van der Waals surface area contributed by atoms with Crippen LogP contribution in [-0.2, 0) is 0 Å². The van der Waals surface area contributed by atoms with Gasteiger partial charge in [-0.15, -0.1) is 6.58 Å². The van der Waals surface area contributed by atoms with Crippen molar-refractivity contribution in [2.45, 2.75) is 13.3 Å². The van der Waals surface area contributed by atoms with Crippen LogP contribution < -0.4 is 0 Å². The maximum atomic E-state index is 4.42. The summed E-state index contributed by atoms with van der Waals surface area (Å²) >= 11 is 0. The first-order valence-corrected chi connectivity index (χ1v) is 4.23. The summed E-state index contributed by atoms with van der Waals surface area (Å²) in [5.41, 5.74) is 2.64. The Bertz CT molecular complexity index is 226. The van der Waals surface area contributed by atoms with Gasteiger partial charge in [-0.05, 0) is 13.1 Å². The van der Waals surface area contributed by atoms with E-state index in [0.29, 0.717) is 0 Å². The van der Waals surface area contributed by atoms with Crippen LogP contribution in [0.1, 0.15) is 13.3 Å². The van der Waals surface area contributed by atoms with Crippen LogP contribution in [0, 0.1) is 0 Å². The molecule has 0 aromatic rings. The Morgan fingerprint density at radius 3 is 3.08 bits per heavy atom. The van der Waals surface area contributed by atoms with Crippen LogP contribution in [0.25, 0.3) is 0 Å². The van der Waals surface area contributed by atoms with Crippen LogP contribution in [0.2, 0.25) is 0 Å². The molecule has 1 heterocycles. The van der Waals surface area contributed by atoms with Crippen molar-refractivity contribution in [3.8, 4) is 0 Å². The lowest BCUT2D eigenvalue weighted by Gasteiger charge is -2.22. The summed E-state index contributed by atoms with van der Waals surface area (Å²) in [6.45, 7) is 7.50. The van der Waals surface area contributed by atoms with Crippen LogP contribution in [0.5, 0.6) is 0 Å². The van der Waals surface area contributed by atoms with Crippen LogP contribution in [0.4, 0.5) is 0 Å². The minimum atomic E-state index is 0.746. The van der Waals surface area contributed by atoms with Gasteiger partial charge in [-0.3, -0.25) is 4.99 Å². The van der Waals surface area contributed by atoms with Gasteiger partial charge in [0.25, 0.3) is 0 Å². The maximum absolute atomic E-state index is 4.42. The molecule has 0 amide bonds. The second kappa shape index (κ2) is 4.10. The van der Waals surface area contributed by atoms with Gasteiger partial charge in [-0.2, -0.15) is 0 Å². The molecule has 2 heteroatoms. The van der Waals surface area contributed by atoms with Gasteiger partial charge in [0.2, 0.25) is 0 Å². The molecule has 0 atom stereocenters. The summed E-state index contributed by atoms with van der Waals surface area (Å²) in [5.74, 6) is 0. The average Bonchev–Trinajstić information content (AvgIpc) is 1.99. The van der Waals surface area contributed by atoms with Gasteiger partial charge in [-0.1, -0.05) is 11.6 Å². The van der Waals surface area contributed by atoms with Crippen molar-refractivity contribution in [1.82, 2.24) is 4.90 Å². The van der Waals surface area contributed by atoms with Crippen molar-refractivity contribution in [3.63, 3.8) is 0 Å². The third-order valence-corrected chi connectivity index (χ3v) is 1.80. The fourth-order valence-electron chi connectivity index (χ4n) is 1.43. The highest BCUT2D eigenvalue weighted by atomic mass is 15.1. The number of nitrogens with zero attached hydrogens (tertiary/aromatic N) is 2. The lowest BCUT2D eigenvalue weighted by molar-refractivity contribution is 0.504. The fraction of sp³-hybridized carbons (Fsp3) is 0.500. The largest absolute Gasteiger partial charge is 0.375 e. The molecule has 12 heavy (non-hydrogen) atoms. The van der Waals surface area contributed by atoms with E-state index in [1.807, 2.05) is 6.08 Å². The molecule has 0 unspecified atom stereocenters. The van der Waals surface area contributed by atoms with E-state index in [1.165, 1.54) is 11.3 Å². The van der Waals surface area contributed by atoms with Gasteiger partial charge in [0.15, 0.2) is 0 Å². The highest BCUT2D eigenvalue weighted by Crippen LogP contribution is 2.10. The summed E-state index contributed by atoms with van der Waals surface area (Å²) in [4.78, 5) is 6.59. The first-order chi connectivity index (χ1) is 5.72. The molecule has 0 saturated carbocycles. The highest BCUT2D eigenvalue weighted by Gasteiger charge is 2.08. The van der Waals surface area contributed by atoms with Crippen molar-refractivity contribution in [3.05, 3.63) is 24.4 Å². The summed E-state index contributed by atoms with van der Waals surface area (Å²) in [5, 5.41) is 0. The van der Waals surface area contributed by atoms with Crippen molar-refractivity contribution in [2.24, 2.45) is 4.99 Å². The van der Waals surface area contributed by atoms with Crippen molar-refractivity contribution in [1.29, 1.82) is 0 Å². The molecule has 1 rings (SSSR count). The van der Waals surface area contributed by atoms with Gasteiger partial charge in [-0.25, -0.2) is 0 Å². The maximum Gasteiger partial charge on any atom is 0.0568 e. The molecule has 0 aromatic heterocycles. The number of allylic oxidation sites excluding steroid dienone is 1. The van der Waals surface area contributed by atoms with E-state index in [4.69, 9.17) is 0 Å².